The Morgan fingerprint density at radius 3 is 2.62 bits per heavy atom. The molecule has 1 aromatic rings. The molecule has 0 bridgehead atoms. The summed E-state index contributed by atoms with van der Waals surface area (Å²) in [5.41, 5.74) is 12.9. The van der Waals surface area contributed by atoms with Crippen molar-refractivity contribution in [2.24, 2.45) is 16.9 Å². The average molecular weight is 222 g/mol. The van der Waals surface area contributed by atoms with E-state index in [1.54, 1.807) is 7.11 Å². The first-order chi connectivity index (χ1) is 7.73. The molecule has 1 unspecified atom stereocenters. The van der Waals surface area contributed by atoms with Crippen molar-refractivity contribution in [1.82, 2.24) is 0 Å². The zero-order chi connectivity index (χ0) is 11.6. The molecule has 0 radical (unpaired) electrons. The van der Waals surface area contributed by atoms with E-state index in [-0.39, 0.29) is 11.5 Å². The molecule has 2 rings (SSSR count). The van der Waals surface area contributed by atoms with E-state index in [9.17, 15) is 0 Å². The molecule has 88 valence electrons. The SMILES string of the molecule is COc1ccccc1C(N)C1(CN)COC1. The number of nitrogens with two attached hydrogens (primary N) is 2. The predicted octanol–water partition coefficient (Wildman–Crippen LogP) is 0.670. The van der Waals surface area contributed by atoms with Crippen LogP contribution >= 0.6 is 0 Å². The summed E-state index contributed by atoms with van der Waals surface area (Å²) in [6, 6.07) is 7.66. The molecule has 1 aromatic carbocycles. The Morgan fingerprint density at radius 1 is 1.44 bits per heavy atom. The van der Waals surface area contributed by atoms with Gasteiger partial charge in [-0.05, 0) is 6.07 Å². The fourth-order valence-electron chi connectivity index (χ4n) is 2.04. The third-order valence-corrected chi connectivity index (χ3v) is 3.32. The highest BCUT2D eigenvalue weighted by Crippen LogP contribution is 2.40. The minimum atomic E-state index is -0.137. The van der Waals surface area contributed by atoms with Crippen LogP contribution in [0.5, 0.6) is 5.75 Å². The Morgan fingerprint density at radius 2 is 2.12 bits per heavy atom. The fourth-order valence-corrected chi connectivity index (χ4v) is 2.04. The van der Waals surface area contributed by atoms with E-state index in [1.165, 1.54) is 0 Å². The van der Waals surface area contributed by atoms with E-state index in [2.05, 4.69) is 0 Å². The highest BCUT2D eigenvalue weighted by molar-refractivity contribution is 5.37. The van der Waals surface area contributed by atoms with Gasteiger partial charge in [0.1, 0.15) is 5.75 Å². The van der Waals surface area contributed by atoms with Gasteiger partial charge in [0.25, 0.3) is 0 Å². The summed E-state index contributed by atoms with van der Waals surface area (Å²) < 4.78 is 10.6. The highest BCUT2D eigenvalue weighted by Gasteiger charge is 2.44. The maximum atomic E-state index is 6.28. The van der Waals surface area contributed by atoms with Crippen molar-refractivity contribution in [1.29, 1.82) is 0 Å². The number of benzene rings is 1. The van der Waals surface area contributed by atoms with Crippen molar-refractivity contribution in [2.45, 2.75) is 6.04 Å². The molecule has 16 heavy (non-hydrogen) atoms. The van der Waals surface area contributed by atoms with E-state index in [0.29, 0.717) is 19.8 Å². The van der Waals surface area contributed by atoms with Crippen molar-refractivity contribution in [3.05, 3.63) is 29.8 Å². The Balaban J connectivity index is 2.29. The zero-order valence-corrected chi connectivity index (χ0v) is 9.48. The Hall–Kier alpha value is -1.10. The van der Waals surface area contributed by atoms with Gasteiger partial charge in [0.05, 0.1) is 20.3 Å². The third-order valence-electron chi connectivity index (χ3n) is 3.32. The molecule has 4 heteroatoms. The summed E-state index contributed by atoms with van der Waals surface area (Å²) in [6.07, 6.45) is 0. The van der Waals surface area contributed by atoms with E-state index < -0.39 is 0 Å². The maximum absolute atomic E-state index is 6.28. The molecule has 0 amide bonds. The first kappa shape index (κ1) is 11.4. The van der Waals surface area contributed by atoms with Crippen LogP contribution in [0, 0.1) is 5.41 Å². The van der Waals surface area contributed by atoms with Crippen molar-refractivity contribution >= 4 is 0 Å². The number of methoxy groups -OCH3 is 1. The largest absolute Gasteiger partial charge is 0.496 e. The average Bonchev–Trinajstić information content (AvgIpc) is 2.28. The molecule has 4 N–H and O–H groups in total. The molecule has 1 saturated heterocycles. The van der Waals surface area contributed by atoms with Gasteiger partial charge in [-0.1, -0.05) is 18.2 Å². The molecule has 0 aromatic heterocycles. The minimum Gasteiger partial charge on any atom is -0.496 e. The molecular weight excluding hydrogens is 204 g/mol. The summed E-state index contributed by atoms with van der Waals surface area (Å²) in [5.74, 6) is 0.815. The third kappa shape index (κ3) is 1.69. The standard InChI is InChI=1S/C12H18N2O2/c1-15-10-5-3-2-4-9(10)11(14)12(6-13)7-16-8-12/h2-5,11H,6-8,13-14H2,1H3. The van der Waals surface area contributed by atoms with Gasteiger partial charge in [0, 0.05) is 23.6 Å². The van der Waals surface area contributed by atoms with Gasteiger partial charge >= 0.3 is 0 Å². The summed E-state index contributed by atoms with van der Waals surface area (Å²) >= 11 is 0. The molecule has 1 aliphatic heterocycles. The molecule has 1 atom stereocenters. The monoisotopic (exact) mass is 222 g/mol. The van der Waals surface area contributed by atoms with Crippen LogP contribution in [-0.4, -0.2) is 26.9 Å². The van der Waals surface area contributed by atoms with E-state index >= 15 is 0 Å². The lowest BCUT2D eigenvalue weighted by atomic mass is 9.75. The smallest absolute Gasteiger partial charge is 0.123 e. The van der Waals surface area contributed by atoms with Crippen LogP contribution in [0.4, 0.5) is 0 Å². The maximum Gasteiger partial charge on any atom is 0.123 e. The second-order valence-corrected chi connectivity index (χ2v) is 4.28. The molecule has 1 aliphatic rings. The first-order valence-electron chi connectivity index (χ1n) is 5.40. The van der Waals surface area contributed by atoms with Crippen molar-refractivity contribution in [3.63, 3.8) is 0 Å². The quantitative estimate of drug-likeness (QED) is 0.785. The van der Waals surface area contributed by atoms with Crippen molar-refractivity contribution < 1.29 is 9.47 Å². The lowest BCUT2D eigenvalue weighted by molar-refractivity contribution is -0.121. The second-order valence-electron chi connectivity index (χ2n) is 4.28. The number of hydrogen-bond acceptors (Lipinski definition) is 4. The number of ether oxygens (including phenoxy) is 2. The van der Waals surface area contributed by atoms with Gasteiger partial charge in [-0.15, -0.1) is 0 Å². The van der Waals surface area contributed by atoms with Gasteiger partial charge < -0.3 is 20.9 Å². The number of para-hydroxylation sites is 1. The Kier molecular flexibility index (Phi) is 3.14. The lowest BCUT2D eigenvalue weighted by Crippen LogP contribution is -2.54. The van der Waals surface area contributed by atoms with Crippen LogP contribution in [0.3, 0.4) is 0 Å². The van der Waals surface area contributed by atoms with Crippen LogP contribution in [0.2, 0.25) is 0 Å². The summed E-state index contributed by atoms with van der Waals surface area (Å²) in [5, 5.41) is 0. The predicted molar refractivity (Wildman–Crippen MR) is 62.2 cm³/mol. The first-order valence-corrected chi connectivity index (χ1v) is 5.40. The van der Waals surface area contributed by atoms with E-state index in [0.717, 1.165) is 11.3 Å². The molecule has 0 aliphatic carbocycles. The van der Waals surface area contributed by atoms with Gasteiger partial charge in [0.15, 0.2) is 0 Å². The summed E-state index contributed by atoms with van der Waals surface area (Å²) in [4.78, 5) is 0. The van der Waals surface area contributed by atoms with E-state index in [1.807, 2.05) is 24.3 Å². The molecule has 0 saturated carbocycles. The van der Waals surface area contributed by atoms with Gasteiger partial charge in [-0.25, -0.2) is 0 Å². The van der Waals surface area contributed by atoms with Gasteiger partial charge in [-0.2, -0.15) is 0 Å². The number of hydrogen-bond donors (Lipinski definition) is 2. The van der Waals surface area contributed by atoms with Gasteiger partial charge in [0.2, 0.25) is 0 Å². The fraction of sp³-hybridized carbons (Fsp3) is 0.500. The normalized spacial score (nSPS) is 19.9. The number of rotatable bonds is 4. The molecule has 1 heterocycles. The Bertz CT molecular complexity index is 358. The topological polar surface area (TPSA) is 70.5 Å². The van der Waals surface area contributed by atoms with Gasteiger partial charge in [-0.3, -0.25) is 0 Å². The Labute approximate surface area is 95.5 Å². The second kappa shape index (κ2) is 4.41. The zero-order valence-electron chi connectivity index (χ0n) is 9.48. The van der Waals surface area contributed by atoms with Crippen LogP contribution in [0.25, 0.3) is 0 Å². The van der Waals surface area contributed by atoms with Crippen LogP contribution < -0.4 is 16.2 Å². The summed E-state index contributed by atoms with van der Waals surface area (Å²) in [6.45, 7) is 1.79. The molecule has 4 nitrogen and oxygen atoms in total. The molecule has 1 fully saturated rings. The van der Waals surface area contributed by atoms with Crippen molar-refractivity contribution in [2.75, 3.05) is 26.9 Å². The highest BCUT2D eigenvalue weighted by atomic mass is 16.5. The van der Waals surface area contributed by atoms with E-state index in [4.69, 9.17) is 20.9 Å². The minimum absolute atomic E-state index is 0.130. The molecule has 0 spiro atoms. The molecular formula is C12H18N2O2. The van der Waals surface area contributed by atoms with Crippen LogP contribution in [0.15, 0.2) is 24.3 Å². The van der Waals surface area contributed by atoms with Crippen LogP contribution in [0.1, 0.15) is 11.6 Å². The summed E-state index contributed by atoms with van der Waals surface area (Å²) in [7, 11) is 1.65. The lowest BCUT2D eigenvalue weighted by Gasteiger charge is -2.45. The van der Waals surface area contributed by atoms with Crippen molar-refractivity contribution in [3.8, 4) is 5.75 Å². The van der Waals surface area contributed by atoms with Crippen LogP contribution in [-0.2, 0) is 4.74 Å².